The van der Waals surface area contributed by atoms with Crippen molar-refractivity contribution < 1.29 is 58.0 Å². The lowest BCUT2D eigenvalue weighted by molar-refractivity contribution is -0.231. The van der Waals surface area contributed by atoms with Crippen molar-refractivity contribution in [2.75, 3.05) is 17.3 Å². The van der Waals surface area contributed by atoms with Crippen LogP contribution in [-0.2, 0) is 44.7 Å². The number of hydrogen-bond donors (Lipinski definition) is 6. The van der Waals surface area contributed by atoms with E-state index in [1.165, 1.54) is 19.1 Å². The average Bonchev–Trinajstić information content (AvgIpc) is 3.73. The van der Waals surface area contributed by atoms with E-state index >= 15 is 4.39 Å². The van der Waals surface area contributed by atoms with Crippen LogP contribution in [0, 0.1) is 22.7 Å². The molecule has 61 heavy (non-hydrogen) atoms. The predicted octanol–water partition coefficient (Wildman–Crippen LogP) is 4.16. The van der Waals surface area contributed by atoms with Crippen LogP contribution in [0.3, 0.4) is 0 Å². The molecule has 11 atom stereocenters. The van der Waals surface area contributed by atoms with Crippen molar-refractivity contribution in [2.45, 2.75) is 108 Å². The summed E-state index contributed by atoms with van der Waals surface area (Å²) in [6.07, 6.45) is 2.15. The van der Waals surface area contributed by atoms with Gasteiger partial charge in [-0.05, 0) is 93.7 Å². The summed E-state index contributed by atoms with van der Waals surface area (Å²) < 4.78 is 31.0. The maximum absolute atomic E-state index is 17.7. The van der Waals surface area contributed by atoms with Crippen LogP contribution in [0.25, 0.3) is 0 Å². The standard InChI is InChI=1S/C45H51BrFN3O11/c1-24(48-40(59)33(13-14-38(56)57)50-37(55)22-46)39(58)49-29-10-7-25(8-11-29)17-26-5-4-6-27(18-26)41-60-36-20-32-31-12-9-28-19-30(52)15-16-42(28,2)44(31,47)34(53)21-43(32,3)45(36,61-41)35(54)23-51/h4-8,10-11,15-16,18-19,24,31-34,36,41,51,53H,9,12-14,17,20-23H2,1-3H3,(H,48,59)(H,49,58)(H,50,55)(H,56,57)/t24-,31-,32-,33-,34-,36+,41+,42-,43-,44-,45+/m0/s1. The first-order valence-electron chi connectivity index (χ1n) is 20.5. The second kappa shape index (κ2) is 16.9. The largest absolute Gasteiger partial charge is 0.481 e. The smallest absolute Gasteiger partial charge is 0.303 e. The number of anilines is 1. The SMILES string of the molecule is C[C@H](NC(=O)[C@H](CCC(=O)O)NC(=O)CBr)C(=O)Nc1ccc(Cc2cccc([C@@H]3O[C@@H]4C[C@H]5[C@@H]6CCC7=CC(=O)C=C[C@]7(C)[C@@]6(F)[C@@H](O)C[C@]5(C)[C@]4(C(=O)CO)O3)c2)cc1. The number of ketones is 2. The van der Waals surface area contributed by atoms with Crippen LogP contribution in [0.4, 0.5) is 10.1 Å². The number of aliphatic hydroxyl groups is 2. The molecule has 7 rings (SSSR count). The number of carbonyl (C=O) groups excluding carboxylic acids is 5. The van der Waals surface area contributed by atoms with E-state index in [2.05, 4.69) is 31.9 Å². The molecule has 326 valence electrons. The van der Waals surface area contributed by atoms with E-state index in [9.17, 15) is 39.0 Å². The fourth-order valence-electron chi connectivity index (χ4n) is 10.9. The van der Waals surface area contributed by atoms with Crippen LogP contribution in [0.2, 0.25) is 0 Å². The van der Waals surface area contributed by atoms with Crippen LogP contribution in [0.5, 0.6) is 0 Å². The van der Waals surface area contributed by atoms with Crippen molar-refractivity contribution in [3.8, 4) is 0 Å². The molecule has 0 spiro atoms. The van der Waals surface area contributed by atoms with Gasteiger partial charge in [0.25, 0.3) is 0 Å². The fourth-order valence-corrected chi connectivity index (χ4v) is 11.1. The van der Waals surface area contributed by atoms with Gasteiger partial charge >= 0.3 is 5.97 Å². The summed E-state index contributed by atoms with van der Waals surface area (Å²) in [5.74, 6) is -4.72. The number of aliphatic carboxylic acids is 1. The zero-order valence-corrected chi connectivity index (χ0v) is 35.7. The Balaban J connectivity index is 1.02. The lowest BCUT2D eigenvalue weighted by Crippen LogP contribution is -2.69. The summed E-state index contributed by atoms with van der Waals surface area (Å²) in [5, 5.41) is 38.9. The number of fused-ring (bicyclic) bond motifs is 7. The van der Waals surface area contributed by atoms with Crippen LogP contribution in [0.1, 0.15) is 82.3 Å². The molecule has 0 radical (unpaired) electrons. The predicted molar refractivity (Wildman–Crippen MR) is 222 cm³/mol. The van der Waals surface area contributed by atoms with Gasteiger partial charge in [-0.2, -0.15) is 0 Å². The van der Waals surface area contributed by atoms with Gasteiger partial charge < -0.3 is 40.7 Å². The molecule has 2 aromatic rings. The van der Waals surface area contributed by atoms with Gasteiger partial charge in [0, 0.05) is 34.4 Å². The number of benzene rings is 2. The fraction of sp³-hybridized carbons (Fsp3) is 0.511. The highest BCUT2D eigenvalue weighted by Crippen LogP contribution is 2.72. The average molecular weight is 909 g/mol. The maximum atomic E-state index is 17.7. The zero-order valence-electron chi connectivity index (χ0n) is 34.1. The van der Waals surface area contributed by atoms with Gasteiger partial charge in [-0.3, -0.25) is 28.8 Å². The third-order valence-corrected chi connectivity index (χ3v) is 14.5. The summed E-state index contributed by atoms with van der Waals surface area (Å²) >= 11 is 3.00. The Hall–Kier alpha value is -4.61. The van der Waals surface area contributed by atoms with Gasteiger partial charge in [-0.15, -0.1) is 0 Å². The zero-order chi connectivity index (χ0) is 44.1. The Morgan fingerprint density at radius 1 is 1.02 bits per heavy atom. The van der Waals surface area contributed by atoms with Crippen molar-refractivity contribution >= 4 is 56.9 Å². The minimum absolute atomic E-state index is 0.0830. The Bertz CT molecular complexity index is 2180. The summed E-state index contributed by atoms with van der Waals surface area (Å²) in [4.78, 5) is 74.9. The van der Waals surface area contributed by atoms with Crippen LogP contribution >= 0.6 is 15.9 Å². The normalized spacial score (nSPS) is 33.2. The van der Waals surface area contributed by atoms with Crippen molar-refractivity contribution in [3.05, 3.63) is 89.0 Å². The number of ether oxygens (including phenoxy) is 2. The highest BCUT2D eigenvalue weighted by atomic mass is 79.9. The first kappa shape index (κ1) is 44.4. The molecular formula is C45H51BrFN3O11. The number of rotatable bonds is 14. The Morgan fingerprint density at radius 3 is 2.44 bits per heavy atom. The minimum Gasteiger partial charge on any atom is -0.481 e. The van der Waals surface area contributed by atoms with E-state index in [1.807, 2.05) is 43.3 Å². The summed E-state index contributed by atoms with van der Waals surface area (Å²) in [7, 11) is 0. The molecule has 14 nitrogen and oxygen atoms in total. The van der Waals surface area contributed by atoms with Gasteiger partial charge in [0.2, 0.25) is 17.7 Å². The van der Waals surface area contributed by atoms with Gasteiger partial charge in [0.1, 0.15) is 18.7 Å². The van der Waals surface area contributed by atoms with E-state index in [0.29, 0.717) is 36.1 Å². The number of carboxylic acids is 1. The number of hydrogen-bond acceptors (Lipinski definition) is 10. The molecular weight excluding hydrogens is 857 g/mol. The molecule has 1 heterocycles. The highest BCUT2D eigenvalue weighted by Gasteiger charge is 2.79. The van der Waals surface area contributed by atoms with Crippen molar-refractivity contribution in [3.63, 3.8) is 0 Å². The molecule has 1 aliphatic heterocycles. The summed E-state index contributed by atoms with van der Waals surface area (Å²) in [6.45, 7) is 4.24. The first-order chi connectivity index (χ1) is 28.9. The van der Waals surface area contributed by atoms with Crippen molar-refractivity contribution in [1.29, 1.82) is 0 Å². The van der Waals surface area contributed by atoms with Gasteiger partial charge in [-0.1, -0.05) is 70.9 Å². The molecule has 3 amide bonds. The Morgan fingerprint density at radius 2 is 1.75 bits per heavy atom. The van der Waals surface area contributed by atoms with Gasteiger partial charge in [0.15, 0.2) is 29.1 Å². The van der Waals surface area contributed by atoms with E-state index in [-0.39, 0.29) is 36.8 Å². The molecule has 1 saturated heterocycles. The Kier molecular flexibility index (Phi) is 12.3. The molecule has 0 aromatic heterocycles. The number of carboxylic acid groups (broad SMARTS) is 1. The van der Waals surface area contributed by atoms with Crippen LogP contribution < -0.4 is 16.0 Å². The van der Waals surface area contributed by atoms with Crippen LogP contribution in [0.15, 0.2) is 72.3 Å². The van der Waals surface area contributed by atoms with Crippen molar-refractivity contribution in [2.24, 2.45) is 22.7 Å². The highest BCUT2D eigenvalue weighted by molar-refractivity contribution is 9.09. The van der Waals surface area contributed by atoms with Gasteiger partial charge in [0.05, 0.1) is 17.5 Å². The van der Waals surface area contributed by atoms with Crippen molar-refractivity contribution in [1.82, 2.24) is 10.6 Å². The quantitative estimate of drug-likeness (QED) is 0.148. The summed E-state index contributed by atoms with van der Waals surface area (Å²) in [5.41, 5.74) is -2.47. The molecule has 4 aliphatic carbocycles. The first-order valence-corrected chi connectivity index (χ1v) is 21.7. The molecule has 3 saturated carbocycles. The molecule has 0 bridgehead atoms. The monoisotopic (exact) mass is 907 g/mol. The van der Waals surface area contributed by atoms with Gasteiger partial charge in [-0.25, -0.2) is 4.39 Å². The second-order valence-corrected chi connectivity index (χ2v) is 18.0. The number of allylic oxidation sites excluding steroid dienone is 4. The molecule has 2 aromatic carbocycles. The number of halogens is 2. The van der Waals surface area contributed by atoms with Crippen LogP contribution in [-0.4, -0.2) is 98.1 Å². The molecule has 16 heteroatoms. The number of alkyl halides is 2. The molecule has 0 unspecified atom stereocenters. The number of aliphatic hydroxyl groups excluding tert-OH is 2. The maximum Gasteiger partial charge on any atom is 0.303 e. The minimum atomic E-state index is -2.10. The lowest BCUT2D eigenvalue weighted by Gasteiger charge is -2.62. The molecule has 4 fully saturated rings. The molecule has 6 N–H and O–H groups in total. The third-order valence-electron chi connectivity index (χ3n) is 14.0. The topological polar surface area (TPSA) is 218 Å². The second-order valence-electron chi connectivity index (χ2n) is 17.4. The number of Topliss-reactive ketones (excluding diaryl/α,β-unsaturated/α-hetero) is 1. The number of nitrogens with one attached hydrogen (secondary N) is 3. The molecule has 5 aliphatic rings. The third kappa shape index (κ3) is 7.68. The summed E-state index contributed by atoms with van der Waals surface area (Å²) in [6, 6.07) is 12.4. The Labute approximate surface area is 360 Å². The van der Waals surface area contributed by atoms with E-state index in [1.54, 1.807) is 25.1 Å². The number of amides is 3. The number of carbonyl (C=O) groups is 6. The van der Waals surface area contributed by atoms with E-state index in [0.717, 1.165) is 11.1 Å². The van der Waals surface area contributed by atoms with E-state index < -0.39 is 101 Å². The van der Waals surface area contributed by atoms with E-state index in [4.69, 9.17) is 14.6 Å². The lowest BCUT2D eigenvalue weighted by atomic mass is 9.44.